The number of benzene rings is 2. The van der Waals surface area contributed by atoms with E-state index in [1.165, 1.54) is 17.3 Å². The van der Waals surface area contributed by atoms with E-state index < -0.39 is 0 Å². The van der Waals surface area contributed by atoms with E-state index in [0.717, 1.165) is 23.4 Å². The maximum Gasteiger partial charge on any atom is 0.230 e. The van der Waals surface area contributed by atoms with Crippen LogP contribution in [0.25, 0.3) is 11.4 Å². The predicted octanol–water partition coefficient (Wildman–Crippen LogP) is 4.67. The van der Waals surface area contributed by atoms with Crippen molar-refractivity contribution in [3.63, 3.8) is 0 Å². The molecular weight excluding hydrogens is 392 g/mol. The molecule has 146 valence electrons. The van der Waals surface area contributed by atoms with Crippen LogP contribution in [0.4, 0.5) is 0 Å². The van der Waals surface area contributed by atoms with E-state index in [0.29, 0.717) is 10.2 Å². The Hall–Kier alpha value is -2.31. The number of thioether (sulfide) groups is 1. The molecule has 0 saturated heterocycles. The van der Waals surface area contributed by atoms with Gasteiger partial charge in [-0.2, -0.15) is 0 Å². The number of carbonyl (C=O) groups is 1. The minimum atomic E-state index is -0.0388. The van der Waals surface area contributed by atoms with Crippen molar-refractivity contribution < 1.29 is 4.79 Å². The highest BCUT2D eigenvalue weighted by Crippen LogP contribution is 2.24. The summed E-state index contributed by atoms with van der Waals surface area (Å²) in [6, 6.07) is 15.7. The molecule has 0 radical (unpaired) electrons. The second kappa shape index (κ2) is 9.26. The lowest BCUT2D eigenvalue weighted by Gasteiger charge is -2.14. The summed E-state index contributed by atoms with van der Waals surface area (Å²) < 4.78 is 1.88. The van der Waals surface area contributed by atoms with E-state index in [9.17, 15) is 4.79 Å². The standard InChI is InChI=1S/C21H23ClN4OS/c1-4-15-5-7-16(8-6-15)14(2)23-19(27)13-28-21-25-24-20(26(21)3)17-9-11-18(22)12-10-17/h5-12,14H,4,13H2,1-3H3,(H,23,27)/t14-/m0/s1. The van der Waals surface area contributed by atoms with Crippen molar-refractivity contribution in [3.05, 3.63) is 64.7 Å². The normalized spacial score (nSPS) is 12.0. The summed E-state index contributed by atoms with van der Waals surface area (Å²) in [7, 11) is 1.89. The summed E-state index contributed by atoms with van der Waals surface area (Å²) in [6.07, 6.45) is 1.01. The quantitative estimate of drug-likeness (QED) is 0.571. The fourth-order valence-corrected chi connectivity index (χ4v) is 3.68. The lowest BCUT2D eigenvalue weighted by molar-refractivity contribution is -0.119. The molecule has 0 bridgehead atoms. The molecule has 0 aliphatic rings. The van der Waals surface area contributed by atoms with Crippen LogP contribution in [-0.4, -0.2) is 26.4 Å². The Balaban J connectivity index is 1.57. The van der Waals surface area contributed by atoms with E-state index in [2.05, 4.69) is 46.7 Å². The first-order valence-electron chi connectivity index (χ1n) is 9.14. The summed E-state index contributed by atoms with van der Waals surface area (Å²) in [6.45, 7) is 4.12. The molecule has 1 heterocycles. The number of hydrogen-bond acceptors (Lipinski definition) is 4. The molecule has 1 aromatic heterocycles. The van der Waals surface area contributed by atoms with Crippen LogP contribution in [0.15, 0.2) is 53.7 Å². The average molecular weight is 415 g/mol. The van der Waals surface area contributed by atoms with Crippen LogP contribution in [0.1, 0.15) is 31.0 Å². The van der Waals surface area contributed by atoms with Gasteiger partial charge in [-0.3, -0.25) is 4.79 Å². The van der Waals surface area contributed by atoms with Crippen LogP contribution in [0.5, 0.6) is 0 Å². The zero-order chi connectivity index (χ0) is 20.1. The summed E-state index contributed by atoms with van der Waals surface area (Å²) >= 11 is 7.31. The van der Waals surface area contributed by atoms with Crippen molar-refractivity contribution in [1.29, 1.82) is 0 Å². The second-order valence-corrected chi connectivity index (χ2v) is 7.92. The SMILES string of the molecule is CCc1ccc([C@H](C)NC(=O)CSc2nnc(-c3ccc(Cl)cc3)n2C)cc1. The van der Waals surface area contributed by atoms with E-state index in [1.807, 2.05) is 42.8 Å². The number of aromatic nitrogens is 3. The van der Waals surface area contributed by atoms with E-state index >= 15 is 0 Å². The molecule has 1 N–H and O–H groups in total. The van der Waals surface area contributed by atoms with Gasteiger partial charge in [-0.25, -0.2) is 0 Å². The van der Waals surface area contributed by atoms with E-state index in [-0.39, 0.29) is 17.7 Å². The summed E-state index contributed by atoms with van der Waals surface area (Å²) in [4.78, 5) is 12.3. The fourth-order valence-electron chi connectivity index (χ4n) is 2.83. The summed E-state index contributed by atoms with van der Waals surface area (Å²) in [5.41, 5.74) is 3.32. The first kappa shape index (κ1) is 20.4. The lowest BCUT2D eigenvalue weighted by Crippen LogP contribution is -2.28. The van der Waals surface area contributed by atoms with Crippen molar-refractivity contribution in [1.82, 2.24) is 20.1 Å². The number of nitrogens with one attached hydrogen (secondary N) is 1. The molecule has 0 saturated carbocycles. The molecular formula is C21H23ClN4OS. The Morgan fingerprint density at radius 1 is 1.14 bits per heavy atom. The molecule has 5 nitrogen and oxygen atoms in total. The third-order valence-electron chi connectivity index (χ3n) is 4.54. The highest BCUT2D eigenvalue weighted by Gasteiger charge is 2.14. The van der Waals surface area contributed by atoms with Gasteiger partial charge in [0, 0.05) is 17.6 Å². The Labute approximate surface area is 174 Å². The Bertz CT molecular complexity index is 938. The van der Waals surface area contributed by atoms with Gasteiger partial charge >= 0.3 is 0 Å². The van der Waals surface area contributed by atoms with Crippen LogP contribution in [-0.2, 0) is 18.3 Å². The molecule has 3 rings (SSSR count). The molecule has 0 aliphatic heterocycles. The topological polar surface area (TPSA) is 59.8 Å². The number of rotatable bonds is 7. The maximum atomic E-state index is 12.3. The van der Waals surface area contributed by atoms with Gasteiger partial charge < -0.3 is 9.88 Å². The van der Waals surface area contributed by atoms with Gasteiger partial charge in [-0.1, -0.05) is 54.6 Å². The number of hydrogen-bond donors (Lipinski definition) is 1. The minimum absolute atomic E-state index is 0.0342. The molecule has 1 amide bonds. The van der Waals surface area contributed by atoms with Crippen molar-refractivity contribution in [3.8, 4) is 11.4 Å². The molecule has 0 spiro atoms. The van der Waals surface area contributed by atoms with Crippen LogP contribution < -0.4 is 5.32 Å². The molecule has 2 aromatic carbocycles. The molecule has 3 aromatic rings. The lowest BCUT2D eigenvalue weighted by atomic mass is 10.1. The molecule has 28 heavy (non-hydrogen) atoms. The van der Waals surface area contributed by atoms with E-state index in [1.54, 1.807) is 0 Å². The third-order valence-corrected chi connectivity index (χ3v) is 5.81. The number of carbonyl (C=O) groups excluding carboxylic acids is 1. The minimum Gasteiger partial charge on any atom is -0.349 e. The number of nitrogens with zero attached hydrogens (tertiary/aromatic N) is 3. The summed E-state index contributed by atoms with van der Waals surface area (Å²) in [5, 5.41) is 12.8. The molecule has 0 unspecified atom stereocenters. The zero-order valence-electron chi connectivity index (χ0n) is 16.1. The Morgan fingerprint density at radius 2 is 1.82 bits per heavy atom. The van der Waals surface area contributed by atoms with Gasteiger partial charge in [0.05, 0.1) is 11.8 Å². The van der Waals surface area contributed by atoms with Crippen LogP contribution >= 0.6 is 23.4 Å². The van der Waals surface area contributed by atoms with Crippen molar-refractivity contribution in [2.24, 2.45) is 7.05 Å². The molecule has 1 atom stereocenters. The van der Waals surface area contributed by atoms with Crippen molar-refractivity contribution in [2.45, 2.75) is 31.5 Å². The van der Waals surface area contributed by atoms with Gasteiger partial charge in [-0.15, -0.1) is 10.2 Å². The van der Waals surface area contributed by atoms with Crippen LogP contribution in [0.3, 0.4) is 0 Å². The second-order valence-electron chi connectivity index (χ2n) is 6.55. The fraction of sp³-hybridized carbons (Fsp3) is 0.286. The number of halogens is 1. The molecule has 7 heteroatoms. The van der Waals surface area contributed by atoms with Crippen molar-refractivity contribution >= 4 is 29.3 Å². The van der Waals surface area contributed by atoms with Crippen LogP contribution in [0, 0.1) is 0 Å². The van der Waals surface area contributed by atoms with Crippen LogP contribution in [0.2, 0.25) is 5.02 Å². The van der Waals surface area contributed by atoms with Gasteiger partial charge in [0.2, 0.25) is 5.91 Å². The number of amides is 1. The number of aryl methyl sites for hydroxylation is 1. The summed E-state index contributed by atoms with van der Waals surface area (Å²) in [5.74, 6) is 0.987. The van der Waals surface area contributed by atoms with Gasteiger partial charge in [-0.05, 0) is 48.7 Å². The largest absolute Gasteiger partial charge is 0.349 e. The highest BCUT2D eigenvalue weighted by molar-refractivity contribution is 7.99. The molecule has 0 fully saturated rings. The third kappa shape index (κ3) is 4.94. The first-order valence-corrected chi connectivity index (χ1v) is 10.5. The first-order chi connectivity index (χ1) is 13.5. The predicted molar refractivity (Wildman–Crippen MR) is 115 cm³/mol. The van der Waals surface area contributed by atoms with Gasteiger partial charge in [0.25, 0.3) is 0 Å². The maximum absolute atomic E-state index is 12.3. The van der Waals surface area contributed by atoms with Gasteiger partial charge in [0.15, 0.2) is 11.0 Å². The van der Waals surface area contributed by atoms with Crippen molar-refractivity contribution in [2.75, 3.05) is 5.75 Å². The Kier molecular flexibility index (Phi) is 6.75. The monoisotopic (exact) mass is 414 g/mol. The molecule has 0 aliphatic carbocycles. The zero-order valence-corrected chi connectivity index (χ0v) is 17.7. The smallest absolute Gasteiger partial charge is 0.230 e. The van der Waals surface area contributed by atoms with E-state index in [4.69, 9.17) is 11.6 Å². The highest BCUT2D eigenvalue weighted by atomic mass is 35.5. The average Bonchev–Trinajstić information content (AvgIpc) is 3.07. The Morgan fingerprint density at radius 3 is 2.46 bits per heavy atom. The van der Waals surface area contributed by atoms with Gasteiger partial charge in [0.1, 0.15) is 0 Å².